The number of carbonyl (C=O) groups excluding carboxylic acids is 1. The minimum Gasteiger partial charge on any atom is -0.492 e. The topological polar surface area (TPSA) is 67.6 Å². The zero-order chi connectivity index (χ0) is 12.3. The van der Waals surface area contributed by atoms with Crippen LogP contribution in [-0.4, -0.2) is 33.7 Å². The summed E-state index contributed by atoms with van der Waals surface area (Å²) in [7, 11) is 5.07. The highest BCUT2D eigenvalue weighted by Gasteiger charge is 2.22. The molecule has 0 saturated carbocycles. The predicted octanol–water partition coefficient (Wildman–Crippen LogP) is 1.15. The molecule has 5 nitrogen and oxygen atoms in total. The molecule has 0 unspecified atom stereocenters. The third kappa shape index (κ3) is 2.06. The summed E-state index contributed by atoms with van der Waals surface area (Å²) in [4.78, 5) is 14.1. The molecule has 3 N–H and O–H groups in total. The molecule has 0 aliphatic rings. The number of hydrogen-bond acceptors (Lipinski definition) is 5. The molecule has 1 aromatic heterocycles. The van der Waals surface area contributed by atoms with Crippen LogP contribution in [0.4, 0.5) is 10.7 Å². The monoisotopic (exact) mass is 243 g/mol. The molecule has 0 aliphatic heterocycles. The number of nitrogens with zero attached hydrogens (tertiary/aromatic N) is 1. The van der Waals surface area contributed by atoms with Gasteiger partial charge in [0.2, 0.25) is 0 Å². The molecule has 1 heterocycles. The number of carbonyl (C=O) groups is 1. The van der Waals surface area contributed by atoms with Crippen molar-refractivity contribution in [3.05, 3.63) is 4.88 Å². The average Bonchev–Trinajstić information content (AvgIpc) is 2.64. The van der Waals surface area contributed by atoms with Crippen molar-refractivity contribution in [1.82, 2.24) is 5.32 Å². The van der Waals surface area contributed by atoms with Crippen LogP contribution in [0.2, 0.25) is 0 Å². The summed E-state index contributed by atoms with van der Waals surface area (Å²) >= 11 is 1.34. The number of rotatable bonds is 4. The maximum atomic E-state index is 11.6. The number of thiophene rings is 1. The molecule has 1 aromatic rings. The molecule has 0 atom stereocenters. The van der Waals surface area contributed by atoms with Crippen LogP contribution in [0.1, 0.15) is 16.6 Å². The fourth-order valence-electron chi connectivity index (χ4n) is 1.29. The number of hydrogen-bond donors (Lipinski definition) is 2. The van der Waals surface area contributed by atoms with E-state index in [1.165, 1.54) is 11.3 Å². The lowest BCUT2D eigenvalue weighted by molar-refractivity contribution is 0.0967. The van der Waals surface area contributed by atoms with Crippen LogP contribution in [-0.2, 0) is 0 Å². The zero-order valence-electron chi connectivity index (χ0n) is 9.96. The molecule has 0 radical (unpaired) electrons. The highest BCUT2D eigenvalue weighted by atomic mass is 32.1. The summed E-state index contributed by atoms with van der Waals surface area (Å²) in [5.74, 6) is 0.393. The lowest BCUT2D eigenvalue weighted by Crippen LogP contribution is -2.17. The van der Waals surface area contributed by atoms with Crippen LogP contribution in [0.5, 0.6) is 5.75 Å². The van der Waals surface area contributed by atoms with Crippen molar-refractivity contribution < 1.29 is 9.53 Å². The second-order valence-electron chi connectivity index (χ2n) is 3.28. The van der Waals surface area contributed by atoms with Crippen molar-refractivity contribution in [2.24, 2.45) is 0 Å². The van der Waals surface area contributed by atoms with E-state index >= 15 is 0 Å². The van der Waals surface area contributed by atoms with Gasteiger partial charge in [0, 0.05) is 20.6 Å². The molecule has 0 aliphatic carbocycles. The van der Waals surface area contributed by atoms with Crippen LogP contribution < -0.4 is 20.7 Å². The molecular weight excluding hydrogens is 226 g/mol. The van der Waals surface area contributed by atoms with Crippen LogP contribution in [0, 0.1) is 0 Å². The Hall–Kier alpha value is -1.43. The van der Waals surface area contributed by atoms with Gasteiger partial charge in [-0.3, -0.25) is 4.79 Å². The zero-order valence-corrected chi connectivity index (χ0v) is 10.8. The van der Waals surface area contributed by atoms with Crippen LogP contribution in [0.25, 0.3) is 0 Å². The summed E-state index contributed by atoms with van der Waals surface area (Å²) < 4.78 is 5.24. The molecule has 1 rings (SSSR count). The van der Waals surface area contributed by atoms with Crippen LogP contribution in [0.3, 0.4) is 0 Å². The van der Waals surface area contributed by atoms with Crippen molar-refractivity contribution in [2.75, 3.05) is 38.4 Å². The van der Waals surface area contributed by atoms with E-state index in [1.807, 2.05) is 18.9 Å². The number of amides is 1. The normalized spacial score (nSPS) is 10.0. The maximum absolute atomic E-state index is 11.6. The van der Waals surface area contributed by atoms with E-state index in [-0.39, 0.29) is 5.91 Å². The molecule has 1 amide bonds. The SMILES string of the molecule is CCN(C)c1sc(C(=O)NC)c(N)c1OC. The number of nitrogens with two attached hydrogens (primary N) is 1. The Labute approximate surface area is 99.2 Å². The van der Waals surface area contributed by atoms with Gasteiger partial charge in [-0.1, -0.05) is 0 Å². The summed E-state index contributed by atoms with van der Waals surface area (Å²) in [6.07, 6.45) is 0. The van der Waals surface area contributed by atoms with Gasteiger partial charge in [0.1, 0.15) is 15.6 Å². The first-order chi connectivity index (χ1) is 7.56. The van der Waals surface area contributed by atoms with E-state index in [2.05, 4.69) is 5.32 Å². The molecule has 16 heavy (non-hydrogen) atoms. The van der Waals surface area contributed by atoms with Gasteiger partial charge < -0.3 is 20.7 Å². The highest BCUT2D eigenvalue weighted by molar-refractivity contribution is 7.19. The Morgan fingerprint density at radius 3 is 2.69 bits per heavy atom. The van der Waals surface area contributed by atoms with Gasteiger partial charge in [0.25, 0.3) is 5.91 Å². The molecule has 0 fully saturated rings. The smallest absolute Gasteiger partial charge is 0.263 e. The van der Waals surface area contributed by atoms with Crippen LogP contribution in [0.15, 0.2) is 0 Å². The van der Waals surface area contributed by atoms with E-state index in [1.54, 1.807) is 14.2 Å². The first-order valence-electron chi connectivity index (χ1n) is 4.96. The lowest BCUT2D eigenvalue weighted by Gasteiger charge is -2.15. The van der Waals surface area contributed by atoms with Crippen molar-refractivity contribution in [2.45, 2.75) is 6.92 Å². The minimum absolute atomic E-state index is 0.184. The maximum Gasteiger partial charge on any atom is 0.263 e. The summed E-state index contributed by atoms with van der Waals surface area (Å²) in [6.45, 7) is 2.85. The number of nitrogens with one attached hydrogen (secondary N) is 1. The van der Waals surface area contributed by atoms with Crippen molar-refractivity contribution in [3.63, 3.8) is 0 Å². The molecule has 0 saturated heterocycles. The standard InChI is InChI=1S/C10H17N3O2S/c1-5-13(3)10-7(15-4)6(11)8(16-10)9(14)12-2/h5,11H2,1-4H3,(H,12,14). The minimum atomic E-state index is -0.184. The summed E-state index contributed by atoms with van der Waals surface area (Å²) in [6, 6.07) is 0. The Morgan fingerprint density at radius 2 is 2.25 bits per heavy atom. The van der Waals surface area contributed by atoms with Gasteiger partial charge in [0.05, 0.1) is 7.11 Å². The molecule has 90 valence electrons. The molecule has 6 heteroatoms. The Morgan fingerprint density at radius 1 is 1.62 bits per heavy atom. The van der Waals surface area contributed by atoms with Gasteiger partial charge in [-0.15, -0.1) is 11.3 Å². The van der Waals surface area contributed by atoms with Gasteiger partial charge in [0.15, 0.2) is 5.75 Å². The number of methoxy groups -OCH3 is 1. The van der Waals surface area contributed by atoms with Gasteiger partial charge >= 0.3 is 0 Å². The van der Waals surface area contributed by atoms with Crippen molar-refractivity contribution in [3.8, 4) is 5.75 Å². The number of ether oxygens (including phenoxy) is 1. The molecule has 0 bridgehead atoms. The van der Waals surface area contributed by atoms with E-state index in [0.29, 0.717) is 16.3 Å². The fraction of sp³-hybridized carbons (Fsp3) is 0.500. The summed E-state index contributed by atoms with van der Waals surface area (Å²) in [5, 5.41) is 3.44. The van der Waals surface area contributed by atoms with Gasteiger partial charge in [-0.2, -0.15) is 0 Å². The van der Waals surface area contributed by atoms with E-state index in [9.17, 15) is 4.79 Å². The fourth-order valence-corrected chi connectivity index (χ4v) is 2.45. The first-order valence-corrected chi connectivity index (χ1v) is 5.77. The third-order valence-electron chi connectivity index (χ3n) is 2.34. The lowest BCUT2D eigenvalue weighted by atomic mass is 10.3. The predicted molar refractivity (Wildman–Crippen MR) is 67.6 cm³/mol. The second-order valence-corrected chi connectivity index (χ2v) is 4.28. The summed E-state index contributed by atoms with van der Waals surface area (Å²) in [5.41, 5.74) is 6.29. The number of anilines is 2. The molecule has 0 spiro atoms. The Bertz CT molecular complexity index is 390. The van der Waals surface area contributed by atoms with Gasteiger partial charge in [-0.05, 0) is 6.92 Å². The first kappa shape index (κ1) is 12.6. The number of nitrogen functional groups attached to an aromatic ring is 1. The van der Waals surface area contributed by atoms with Gasteiger partial charge in [-0.25, -0.2) is 0 Å². The Kier molecular flexibility index (Phi) is 4.00. The average molecular weight is 243 g/mol. The largest absolute Gasteiger partial charge is 0.492 e. The van der Waals surface area contributed by atoms with Crippen molar-refractivity contribution in [1.29, 1.82) is 0 Å². The third-order valence-corrected chi connectivity index (χ3v) is 3.64. The van der Waals surface area contributed by atoms with Crippen molar-refractivity contribution >= 4 is 27.9 Å². The highest BCUT2D eigenvalue weighted by Crippen LogP contribution is 2.44. The quantitative estimate of drug-likeness (QED) is 0.832. The molecule has 0 aromatic carbocycles. The van der Waals surface area contributed by atoms with E-state index in [4.69, 9.17) is 10.5 Å². The second kappa shape index (κ2) is 5.07. The van der Waals surface area contributed by atoms with E-state index < -0.39 is 0 Å². The van der Waals surface area contributed by atoms with Crippen LogP contribution >= 0.6 is 11.3 Å². The molecular formula is C10H17N3O2S. The Balaban J connectivity index is 3.25. The van der Waals surface area contributed by atoms with E-state index in [0.717, 1.165) is 11.5 Å².